The van der Waals surface area contributed by atoms with Crippen LogP contribution in [0.3, 0.4) is 0 Å². The van der Waals surface area contributed by atoms with Gasteiger partial charge in [-0.05, 0) is 43.0 Å². The van der Waals surface area contributed by atoms with Gasteiger partial charge in [-0.25, -0.2) is 9.20 Å². The number of benzene rings is 1. The monoisotopic (exact) mass is 400 g/mol. The van der Waals surface area contributed by atoms with Crippen molar-refractivity contribution in [1.29, 1.82) is 0 Å². The third-order valence-electron chi connectivity index (χ3n) is 6.47. The first-order valence-corrected chi connectivity index (χ1v) is 10.1. The summed E-state index contributed by atoms with van der Waals surface area (Å²) in [6.45, 7) is 2.56. The van der Waals surface area contributed by atoms with Crippen LogP contribution in [0.5, 0.6) is 0 Å². The zero-order valence-corrected chi connectivity index (χ0v) is 16.4. The molecule has 3 aromatic heterocycles. The van der Waals surface area contributed by atoms with E-state index in [-0.39, 0.29) is 23.5 Å². The Hall–Kier alpha value is -3.68. The molecular formula is C22H20N6O2. The molecule has 2 bridgehead atoms. The summed E-state index contributed by atoms with van der Waals surface area (Å²) in [6.07, 6.45) is 5.39. The van der Waals surface area contributed by atoms with Crippen molar-refractivity contribution in [2.75, 3.05) is 6.54 Å². The highest BCUT2D eigenvalue weighted by Gasteiger charge is 2.41. The highest BCUT2D eigenvalue weighted by atomic mass is 16.2. The highest BCUT2D eigenvalue weighted by Crippen LogP contribution is 2.47. The number of rotatable bonds is 2. The second-order valence-electron chi connectivity index (χ2n) is 8.05. The zero-order chi connectivity index (χ0) is 20.4. The van der Waals surface area contributed by atoms with Crippen LogP contribution in [0.1, 0.15) is 52.0 Å². The predicted molar refractivity (Wildman–Crippen MR) is 110 cm³/mol. The maximum Gasteiger partial charge on any atom is 0.276 e. The van der Waals surface area contributed by atoms with Crippen LogP contribution in [0.4, 0.5) is 0 Å². The standard InChI is InChI=1S/C22H20N6O2/c1-13-17(11-23-28(13)22-24-20(29)19-7-4-10-27(19)25-22)21(30)26-12-14-8-9-18(26)16-6-3-2-5-15(14)16/h2-7,10-11,14,18H,8-9,12H2,1H3,(H,24,25,29). The molecule has 1 aromatic carbocycles. The van der Waals surface area contributed by atoms with Gasteiger partial charge in [-0.1, -0.05) is 24.3 Å². The van der Waals surface area contributed by atoms with E-state index in [0.717, 1.165) is 19.4 Å². The van der Waals surface area contributed by atoms with Gasteiger partial charge in [0, 0.05) is 18.7 Å². The number of nitrogens with zero attached hydrogens (tertiary/aromatic N) is 5. The fraction of sp³-hybridized carbons (Fsp3) is 0.273. The Morgan fingerprint density at radius 2 is 1.97 bits per heavy atom. The third kappa shape index (κ3) is 2.33. The molecular weight excluding hydrogens is 380 g/mol. The van der Waals surface area contributed by atoms with Gasteiger partial charge in [0.15, 0.2) is 0 Å². The lowest BCUT2D eigenvalue weighted by atomic mass is 9.75. The van der Waals surface area contributed by atoms with Crippen molar-refractivity contribution in [2.24, 2.45) is 0 Å². The van der Waals surface area contributed by atoms with Crippen molar-refractivity contribution in [2.45, 2.75) is 31.7 Å². The number of nitrogens with one attached hydrogen (secondary N) is 1. The first-order valence-electron chi connectivity index (χ1n) is 10.1. The summed E-state index contributed by atoms with van der Waals surface area (Å²) in [7, 11) is 0. The zero-order valence-electron chi connectivity index (χ0n) is 16.4. The van der Waals surface area contributed by atoms with Gasteiger partial charge in [-0.15, -0.1) is 5.10 Å². The van der Waals surface area contributed by atoms with Crippen molar-refractivity contribution in [1.82, 2.24) is 29.3 Å². The Kier molecular flexibility index (Phi) is 3.53. The van der Waals surface area contributed by atoms with Crippen LogP contribution < -0.4 is 5.56 Å². The number of carbonyl (C=O) groups is 1. The van der Waals surface area contributed by atoms with Crippen LogP contribution in [0, 0.1) is 6.92 Å². The lowest BCUT2D eigenvalue weighted by Gasteiger charge is -2.46. The minimum absolute atomic E-state index is 0.0210. The van der Waals surface area contributed by atoms with Crippen molar-refractivity contribution in [3.05, 3.63) is 81.5 Å². The summed E-state index contributed by atoms with van der Waals surface area (Å²) in [4.78, 5) is 30.5. The quantitative estimate of drug-likeness (QED) is 0.560. The molecule has 0 spiro atoms. The van der Waals surface area contributed by atoms with Gasteiger partial charge in [0.2, 0.25) is 5.95 Å². The number of hydrogen-bond donors (Lipinski definition) is 1. The third-order valence-corrected chi connectivity index (χ3v) is 6.47. The largest absolute Gasteiger partial charge is 0.331 e. The smallest absolute Gasteiger partial charge is 0.276 e. The average Bonchev–Trinajstić information content (AvgIpc) is 3.40. The van der Waals surface area contributed by atoms with Gasteiger partial charge in [0.1, 0.15) is 5.52 Å². The minimum Gasteiger partial charge on any atom is -0.331 e. The molecule has 150 valence electrons. The molecule has 1 aliphatic carbocycles. The van der Waals surface area contributed by atoms with Gasteiger partial charge in [0.25, 0.3) is 11.5 Å². The Morgan fingerprint density at radius 3 is 2.83 bits per heavy atom. The molecule has 1 fully saturated rings. The SMILES string of the molecule is Cc1c(C(=O)N2CC3CCC2c2ccccc23)cnn1-c1nn2cccc2c(=O)[nH]1. The first-order chi connectivity index (χ1) is 14.6. The van der Waals surface area contributed by atoms with Gasteiger partial charge in [-0.3, -0.25) is 14.6 Å². The number of carbonyl (C=O) groups excluding carboxylic acids is 1. The Bertz CT molecular complexity index is 1360. The van der Waals surface area contributed by atoms with E-state index in [1.165, 1.54) is 20.3 Å². The number of fused-ring (bicyclic) bond motifs is 3. The van der Waals surface area contributed by atoms with Crippen LogP contribution in [0.2, 0.25) is 0 Å². The maximum absolute atomic E-state index is 13.5. The number of hydrogen-bond acceptors (Lipinski definition) is 4. The molecule has 4 aromatic rings. The molecule has 1 amide bonds. The predicted octanol–water partition coefficient (Wildman–Crippen LogP) is 2.59. The molecule has 8 nitrogen and oxygen atoms in total. The van der Waals surface area contributed by atoms with Gasteiger partial charge >= 0.3 is 0 Å². The molecule has 2 aliphatic heterocycles. The fourth-order valence-corrected chi connectivity index (χ4v) is 4.97. The molecule has 0 saturated carbocycles. The Morgan fingerprint density at radius 1 is 1.13 bits per heavy atom. The van der Waals surface area contributed by atoms with Gasteiger partial charge in [0.05, 0.1) is 23.5 Å². The molecule has 7 rings (SSSR count). The summed E-state index contributed by atoms with van der Waals surface area (Å²) in [5.74, 6) is 0.651. The van der Waals surface area contributed by atoms with Crippen LogP contribution in [-0.4, -0.2) is 41.7 Å². The number of amides is 1. The topological polar surface area (TPSA) is 88.3 Å². The second kappa shape index (κ2) is 6.16. The van der Waals surface area contributed by atoms with Crippen LogP contribution in [-0.2, 0) is 0 Å². The van der Waals surface area contributed by atoms with Crippen LogP contribution in [0.25, 0.3) is 11.5 Å². The molecule has 0 radical (unpaired) electrons. The second-order valence-corrected chi connectivity index (χ2v) is 8.05. The van der Waals surface area contributed by atoms with Gasteiger partial charge in [-0.2, -0.15) is 5.10 Å². The summed E-state index contributed by atoms with van der Waals surface area (Å²) in [6, 6.07) is 12.0. The number of piperidine rings is 1. The highest BCUT2D eigenvalue weighted by molar-refractivity contribution is 5.95. The normalized spacial score (nSPS) is 20.0. The first kappa shape index (κ1) is 17.2. The van der Waals surface area contributed by atoms with Crippen molar-refractivity contribution in [3.8, 4) is 5.95 Å². The van der Waals surface area contributed by atoms with E-state index < -0.39 is 0 Å². The molecule has 3 aliphatic rings. The van der Waals surface area contributed by atoms with E-state index in [0.29, 0.717) is 22.7 Å². The van der Waals surface area contributed by atoms with Crippen LogP contribution >= 0.6 is 0 Å². The number of aromatic amines is 1. The Labute approximate surface area is 171 Å². The Balaban J connectivity index is 1.38. The summed E-state index contributed by atoms with van der Waals surface area (Å²) in [5, 5.41) is 8.78. The molecule has 30 heavy (non-hydrogen) atoms. The maximum atomic E-state index is 13.5. The molecule has 1 saturated heterocycles. The lowest BCUT2D eigenvalue weighted by Crippen LogP contribution is -2.45. The summed E-state index contributed by atoms with van der Waals surface area (Å²) < 4.78 is 3.03. The molecule has 5 heterocycles. The minimum atomic E-state index is -0.252. The van der Waals surface area contributed by atoms with Crippen LogP contribution in [0.15, 0.2) is 53.6 Å². The van der Waals surface area contributed by atoms with E-state index in [1.54, 1.807) is 24.5 Å². The number of aromatic nitrogens is 5. The van der Waals surface area contributed by atoms with Gasteiger partial charge < -0.3 is 4.90 Å². The summed E-state index contributed by atoms with van der Waals surface area (Å²) in [5.41, 5.74) is 4.05. The lowest BCUT2D eigenvalue weighted by molar-refractivity contribution is 0.0540. The summed E-state index contributed by atoms with van der Waals surface area (Å²) >= 11 is 0. The molecule has 2 atom stereocenters. The van der Waals surface area contributed by atoms with E-state index in [1.807, 2.05) is 17.9 Å². The van der Waals surface area contributed by atoms with Crippen molar-refractivity contribution in [3.63, 3.8) is 0 Å². The van der Waals surface area contributed by atoms with E-state index in [9.17, 15) is 9.59 Å². The fourth-order valence-electron chi connectivity index (χ4n) is 4.97. The molecule has 8 heteroatoms. The van der Waals surface area contributed by atoms with Crippen molar-refractivity contribution < 1.29 is 4.79 Å². The van der Waals surface area contributed by atoms with Crippen molar-refractivity contribution >= 4 is 11.4 Å². The average molecular weight is 400 g/mol. The van der Waals surface area contributed by atoms with E-state index >= 15 is 0 Å². The molecule has 1 N–H and O–H groups in total. The van der Waals surface area contributed by atoms with E-state index in [4.69, 9.17) is 0 Å². The molecule has 2 unspecified atom stereocenters. The van der Waals surface area contributed by atoms with E-state index in [2.05, 4.69) is 33.4 Å². The number of H-pyrrole nitrogens is 1.